The number of hydrogen-bond acceptors (Lipinski definition) is 4. The predicted molar refractivity (Wildman–Crippen MR) is 76.2 cm³/mol. The Balaban J connectivity index is 2.03. The molecule has 1 N–H and O–H groups in total. The standard InChI is InChI=1S/C16H14O5/c1-20-13-6-2-4-11(8-13)15(17)10-21-14-7-3-5-12(9-14)16(18)19/h2-9H,10H2,1H3,(H,18,19). The van der Waals surface area contributed by atoms with Crippen LogP contribution in [-0.2, 0) is 0 Å². The van der Waals surface area contributed by atoms with Gasteiger partial charge in [-0.05, 0) is 30.3 Å². The Labute approximate surface area is 121 Å². The van der Waals surface area contributed by atoms with Crippen molar-refractivity contribution in [3.63, 3.8) is 0 Å². The highest BCUT2D eigenvalue weighted by atomic mass is 16.5. The number of carbonyl (C=O) groups excluding carboxylic acids is 1. The number of methoxy groups -OCH3 is 1. The van der Waals surface area contributed by atoms with E-state index < -0.39 is 5.97 Å². The van der Waals surface area contributed by atoms with Gasteiger partial charge in [-0.1, -0.05) is 18.2 Å². The second kappa shape index (κ2) is 6.56. The van der Waals surface area contributed by atoms with Gasteiger partial charge in [0, 0.05) is 5.56 Å². The Morgan fingerprint density at radius 2 is 1.62 bits per heavy atom. The fourth-order valence-electron chi connectivity index (χ4n) is 1.75. The molecule has 0 fully saturated rings. The minimum atomic E-state index is -1.04. The Kier molecular flexibility index (Phi) is 4.56. The highest BCUT2D eigenvalue weighted by molar-refractivity contribution is 5.97. The molecule has 0 aliphatic carbocycles. The zero-order chi connectivity index (χ0) is 15.2. The molecule has 2 aromatic carbocycles. The van der Waals surface area contributed by atoms with E-state index in [1.54, 1.807) is 36.4 Å². The largest absolute Gasteiger partial charge is 0.497 e. The van der Waals surface area contributed by atoms with Crippen molar-refractivity contribution in [2.75, 3.05) is 13.7 Å². The van der Waals surface area contributed by atoms with Crippen LogP contribution in [0.3, 0.4) is 0 Å². The van der Waals surface area contributed by atoms with E-state index in [1.165, 1.54) is 19.2 Å². The molecular weight excluding hydrogens is 272 g/mol. The number of Topliss-reactive ketones (excluding diaryl/α,β-unsaturated/α-hetero) is 1. The summed E-state index contributed by atoms with van der Waals surface area (Å²) in [5, 5.41) is 8.89. The van der Waals surface area contributed by atoms with E-state index >= 15 is 0 Å². The maximum Gasteiger partial charge on any atom is 0.335 e. The average molecular weight is 286 g/mol. The van der Waals surface area contributed by atoms with Gasteiger partial charge in [0.2, 0.25) is 0 Å². The van der Waals surface area contributed by atoms with E-state index in [-0.39, 0.29) is 18.0 Å². The number of aromatic carboxylic acids is 1. The summed E-state index contributed by atoms with van der Waals surface area (Å²) in [6.07, 6.45) is 0. The maximum absolute atomic E-state index is 12.0. The third-order valence-corrected chi connectivity index (χ3v) is 2.84. The van der Waals surface area contributed by atoms with Crippen molar-refractivity contribution >= 4 is 11.8 Å². The molecule has 108 valence electrons. The van der Waals surface area contributed by atoms with Crippen LogP contribution in [0.4, 0.5) is 0 Å². The van der Waals surface area contributed by atoms with E-state index in [9.17, 15) is 9.59 Å². The van der Waals surface area contributed by atoms with Crippen molar-refractivity contribution in [2.45, 2.75) is 0 Å². The molecule has 2 aromatic rings. The molecule has 21 heavy (non-hydrogen) atoms. The molecule has 0 amide bonds. The lowest BCUT2D eigenvalue weighted by atomic mass is 10.1. The second-order valence-corrected chi connectivity index (χ2v) is 4.28. The molecule has 0 heterocycles. The number of ketones is 1. The number of rotatable bonds is 6. The first-order chi connectivity index (χ1) is 10.1. The van der Waals surface area contributed by atoms with E-state index in [0.717, 1.165) is 0 Å². The van der Waals surface area contributed by atoms with Crippen LogP contribution < -0.4 is 9.47 Å². The number of ether oxygens (including phenoxy) is 2. The average Bonchev–Trinajstić information content (AvgIpc) is 2.53. The van der Waals surface area contributed by atoms with Gasteiger partial charge >= 0.3 is 5.97 Å². The molecule has 5 nitrogen and oxygen atoms in total. The molecule has 0 radical (unpaired) electrons. The number of carboxylic acid groups (broad SMARTS) is 1. The van der Waals surface area contributed by atoms with Gasteiger partial charge < -0.3 is 14.6 Å². The van der Waals surface area contributed by atoms with Crippen LogP contribution >= 0.6 is 0 Å². The van der Waals surface area contributed by atoms with Crippen LogP contribution in [0.25, 0.3) is 0 Å². The summed E-state index contributed by atoms with van der Waals surface area (Å²) in [7, 11) is 1.53. The topological polar surface area (TPSA) is 72.8 Å². The fraction of sp³-hybridized carbons (Fsp3) is 0.125. The number of carboxylic acids is 1. The summed E-state index contributed by atoms with van der Waals surface area (Å²) in [5.74, 6) is -0.325. The molecule has 0 aliphatic rings. The van der Waals surface area contributed by atoms with Crippen LogP contribution in [0.15, 0.2) is 48.5 Å². The lowest BCUT2D eigenvalue weighted by Crippen LogP contribution is -2.12. The maximum atomic E-state index is 12.0. The highest BCUT2D eigenvalue weighted by Gasteiger charge is 2.09. The van der Waals surface area contributed by atoms with Gasteiger partial charge in [0.15, 0.2) is 12.4 Å². The summed E-state index contributed by atoms with van der Waals surface area (Å²) >= 11 is 0. The third-order valence-electron chi connectivity index (χ3n) is 2.84. The van der Waals surface area contributed by atoms with Gasteiger partial charge in [-0.15, -0.1) is 0 Å². The molecule has 0 saturated heterocycles. The lowest BCUT2D eigenvalue weighted by Gasteiger charge is -2.07. The Bertz CT molecular complexity index is 663. The van der Waals surface area contributed by atoms with Gasteiger partial charge in [0.05, 0.1) is 12.7 Å². The second-order valence-electron chi connectivity index (χ2n) is 4.28. The molecule has 5 heteroatoms. The zero-order valence-corrected chi connectivity index (χ0v) is 11.4. The highest BCUT2D eigenvalue weighted by Crippen LogP contribution is 2.16. The van der Waals surface area contributed by atoms with Gasteiger partial charge in [0.1, 0.15) is 11.5 Å². The molecule has 2 rings (SSSR count). The summed E-state index contributed by atoms with van der Waals surface area (Å²) in [5.41, 5.74) is 0.588. The van der Waals surface area contributed by atoms with Crippen LogP contribution in [-0.4, -0.2) is 30.6 Å². The van der Waals surface area contributed by atoms with Crippen LogP contribution in [0, 0.1) is 0 Å². The Morgan fingerprint density at radius 1 is 1.00 bits per heavy atom. The van der Waals surface area contributed by atoms with Crippen molar-refractivity contribution in [1.29, 1.82) is 0 Å². The van der Waals surface area contributed by atoms with Gasteiger partial charge in [-0.25, -0.2) is 4.79 Å². The fourth-order valence-corrected chi connectivity index (χ4v) is 1.75. The smallest absolute Gasteiger partial charge is 0.335 e. The van der Waals surface area contributed by atoms with Crippen LogP contribution in [0.5, 0.6) is 11.5 Å². The van der Waals surface area contributed by atoms with Crippen LogP contribution in [0.1, 0.15) is 20.7 Å². The van der Waals surface area contributed by atoms with Gasteiger partial charge in [-0.2, -0.15) is 0 Å². The molecule has 0 bridgehead atoms. The molecule has 0 unspecified atom stereocenters. The molecule has 0 aliphatic heterocycles. The molecule has 0 saturated carbocycles. The summed E-state index contributed by atoms with van der Waals surface area (Å²) in [6, 6.07) is 12.8. The first-order valence-electron chi connectivity index (χ1n) is 6.23. The first kappa shape index (κ1) is 14.6. The van der Waals surface area contributed by atoms with Gasteiger partial charge in [0.25, 0.3) is 0 Å². The molecule has 0 aromatic heterocycles. The lowest BCUT2D eigenvalue weighted by molar-refractivity contribution is 0.0696. The number of benzene rings is 2. The van der Waals surface area contributed by atoms with E-state index in [0.29, 0.717) is 17.1 Å². The van der Waals surface area contributed by atoms with Crippen molar-refractivity contribution < 1.29 is 24.2 Å². The van der Waals surface area contributed by atoms with Crippen molar-refractivity contribution in [1.82, 2.24) is 0 Å². The SMILES string of the molecule is COc1cccc(C(=O)COc2cccc(C(=O)O)c2)c1. The normalized spacial score (nSPS) is 9.95. The van der Waals surface area contributed by atoms with E-state index in [1.807, 2.05) is 0 Å². The Morgan fingerprint density at radius 3 is 2.29 bits per heavy atom. The minimum absolute atomic E-state index is 0.112. The summed E-state index contributed by atoms with van der Waals surface area (Å²) in [4.78, 5) is 22.9. The number of hydrogen-bond donors (Lipinski definition) is 1. The molecule has 0 spiro atoms. The number of carbonyl (C=O) groups is 2. The molecule has 0 atom stereocenters. The Hall–Kier alpha value is -2.82. The van der Waals surface area contributed by atoms with Crippen molar-refractivity contribution in [2.24, 2.45) is 0 Å². The monoisotopic (exact) mass is 286 g/mol. The zero-order valence-electron chi connectivity index (χ0n) is 11.4. The predicted octanol–water partition coefficient (Wildman–Crippen LogP) is 2.66. The quantitative estimate of drug-likeness (QED) is 0.826. The molecular formula is C16H14O5. The van der Waals surface area contributed by atoms with Crippen molar-refractivity contribution in [3.8, 4) is 11.5 Å². The van der Waals surface area contributed by atoms with Gasteiger partial charge in [-0.3, -0.25) is 4.79 Å². The summed E-state index contributed by atoms with van der Waals surface area (Å²) < 4.78 is 10.4. The van der Waals surface area contributed by atoms with Crippen molar-refractivity contribution in [3.05, 3.63) is 59.7 Å². The third kappa shape index (κ3) is 3.82. The minimum Gasteiger partial charge on any atom is -0.497 e. The van der Waals surface area contributed by atoms with Crippen LogP contribution in [0.2, 0.25) is 0 Å². The first-order valence-corrected chi connectivity index (χ1v) is 6.23. The van der Waals surface area contributed by atoms with E-state index in [4.69, 9.17) is 14.6 Å². The summed E-state index contributed by atoms with van der Waals surface area (Å²) in [6.45, 7) is -0.170. The van der Waals surface area contributed by atoms with E-state index in [2.05, 4.69) is 0 Å².